The molecule has 2 rings (SSSR count). The minimum absolute atomic E-state index is 0.226. The minimum atomic E-state index is -2.90. The van der Waals surface area contributed by atoms with Crippen molar-refractivity contribution in [3.8, 4) is 0 Å². The molecule has 0 unspecified atom stereocenters. The van der Waals surface area contributed by atoms with Crippen LogP contribution in [0.1, 0.15) is 31.4 Å². The summed E-state index contributed by atoms with van der Waals surface area (Å²) >= 11 is 0. The van der Waals surface area contributed by atoms with Gasteiger partial charge in [-0.3, -0.25) is 0 Å². The molecule has 4 nitrogen and oxygen atoms in total. The monoisotopic (exact) mass is 271 g/mol. The minimum Gasteiger partial charge on any atom is -0.468 e. The van der Waals surface area contributed by atoms with Crippen LogP contribution >= 0.6 is 0 Å². The number of sulfone groups is 1. The lowest BCUT2D eigenvalue weighted by atomic mass is 10.1. The molecule has 0 spiro atoms. The summed E-state index contributed by atoms with van der Waals surface area (Å²) in [7, 11) is -2.90. The third kappa shape index (κ3) is 4.46. The quantitative estimate of drug-likeness (QED) is 0.770. The second kappa shape index (κ2) is 6.38. The van der Waals surface area contributed by atoms with Crippen molar-refractivity contribution >= 4 is 9.84 Å². The Balaban J connectivity index is 1.65. The van der Waals surface area contributed by atoms with E-state index in [4.69, 9.17) is 4.42 Å². The van der Waals surface area contributed by atoms with Crippen molar-refractivity contribution in [2.75, 3.05) is 18.1 Å². The van der Waals surface area contributed by atoms with Gasteiger partial charge in [-0.05, 0) is 30.9 Å². The van der Waals surface area contributed by atoms with Crippen LogP contribution in [0.25, 0.3) is 0 Å². The summed E-state index contributed by atoms with van der Waals surface area (Å²) in [6.07, 6.45) is 6.17. The van der Waals surface area contributed by atoms with E-state index in [1.54, 1.807) is 6.26 Å². The van der Waals surface area contributed by atoms with Crippen molar-refractivity contribution in [1.82, 2.24) is 5.32 Å². The molecule has 1 aliphatic carbocycles. The normalized spacial score (nSPS) is 17.3. The molecule has 0 bridgehead atoms. The molecule has 0 saturated heterocycles. The third-order valence-electron chi connectivity index (χ3n) is 3.43. The zero-order valence-electron chi connectivity index (χ0n) is 10.6. The fourth-order valence-corrected chi connectivity index (χ4v) is 4.15. The highest BCUT2D eigenvalue weighted by atomic mass is 32.2. The molecular weight excluding hydrogens is 250 g/mol. The Morgan fingerprint density at radius 1 is 1.33 bits per heavy atom. The summed E-state index contributed by atoms with van der Waals surface area (Å²) in [4.78, 5) is 0. The van der Waals surface area contributed by atoms with Crippen molar-refractivity contribution < 1.29 is 12.8 Å². The molecule has 1 heterocycles. The summed E-state index contributed by atoms with van der Waals surface area (Å²) in [5.74, 6) is 1.84. The molecule has 1 N–H and O–H groups in total. The van der Waals surface area contributed by atoms with Crippen LogP contribution < -0.4 is 5.32 Å². The molecule has 0 radical (unpaired) electrons. The Morgan fingerprint density at radius 2 is 2.11 bits per heavy atom. The Labute approximate surface area is 109 Å². The van der Waals surface area contributed by atoms with E-state index in [0.29, 0.717) is 24.8 Å². The molecule has 1 aromatic rings. The first kappa shape index (κ1) is 13.6. The van der Waals surface area contributed by atoms with Gasteiger partial charge in [0.2, 0.25) is 0 Å². The van der Waals surface area contributed by atoms with Gasteiger partial charge in [-0.1, -0.05) is 12.8 Å². The van der Waals surface area contributed by atoms with Crippen molar-refractivity contribution in [3.63, 3.8) is 0 Å². The predicted molar refractivity (Wildman–Crippen MR) is 71.0 cm³/mol. The molecule has 102 valence electrons. The van der Waals surface area contributed by atoms with Gasteiger partial charge in [0.15, 0.2) is 9.84 Å². The molecule has 0 atom stereocenters. The van der Waals surface area contributed by atoms with Crippen molar-refractivity contribution in [1.29, 1.82) is 0 Å². The Morgan fingerprint density at radius 3 is 2.78 bits per heavy atom. The zero-order valence-corrected chi connectivity index (χ0v) is 11.4. The Kier molecular flexibility index (Phi) is 4.83. The number of hydrogen-bond acceptors (Lipinski definition) is 4. The topological polar surface area (TPSA) is 59.3 Å². The molecular formula is C13H21NO3S. The van der Waals surface area contributed by atoms with Crippen LogP contribution in [0, 0.1) is 5.92 Å². The maximum Gasteiger partial charge on any atom is 0.151 e. The lowest BCUT2D eigenvalue weighted by Gasteiger charge is -2.10. The number of rotatable bonds is 7. The van der Waals surface area contributed by atoms with Gasteiger partial charge in [0.1, 0.15) is 5.76 Å². The van der Waals surface area contributed by atoms with E-state index in [1.807, 2.05) is 12.1 Å². The van der Waals surface area contributed by atoms with Crippen LogP contribution in [0.5, 0.6) is 0 Å². The molecule has 1 aliphatic rings. The predicted octanol–water partition coefficient (Wildman–Crippen LogP) is 1.97. The first-order chi connectivity index (χ1) is 8.66. The number of hydrogen-bond donors (Lipinski definition) is 1. The zero-order chi connectivity index (χ0) is 12.8. The van der Waals surface area contributed by atoms with E-state index in [2.05, 4.69) is 5.32 Å². The lowest BCUT2D eigenvalue weighted by molar-refractivity contribution is 0.486. The van der Waals surface area contributed by atoms with E-state index in [9.17, 15) is 8.42 Å². The highest BCUT2D eigenvalue weighted by molar-refractivity contribution is 7.91. The maximum atomic E-state index is 11.9. The maximum absolute atomic E-state index is 11.9. The first-order valence-electron chi connectivity index (χ1n) is 6.59. The Hall–Kier alpha value is -0.810. The number of furan rings is 1. The third-order valence-corrected chi connectivity index (χ3v) is 5.24. The number of nitrogens with one attached hydrogen (secondary N) is 1. The summed E-state index contributed by atoms with van der Waals surface area (Å²) in [5.41, 5.74) is 0. The van der Waals surface area contributed by atoms with Gasteiger partial charge in [0.05, 0.1) is 24.3 Å². The average molecular weight is 271 g/mol. The van der Waals surface area contributed by atoms with Crippen molar-refractivity contribution in [2.45, 2.75) is 32.2 Å². The van der Waals surface area contributed by atoms with Crippen molar-refractivity contribution in [3.05, 3.63) is 24.2 Å². The van der Waals surface area contributed by atoms with E-state index in [0.717, 1.165) is 18.6 Å². The van der Waals surface area contributed by atoms with E-state index >= 15 is 0 Å². The second-order valence-corrected chi connectivity index (χ2v) is 7.25. The molecule has 1 saturated carbocycles. The lowest BCUT2D eigenvalue weighted by Crippen LogP contribution is -2.26. The summed E-state index contributed by atoms with van der Waals surface area (Å²) < 4.78 is 28.9. The van der Waals surface area contributed by atoms with Crippen LogP contribution in [-0.2, 0) is 16.4 Å². The molecule has 0 aromatic carbocycles. The molecule has 5 heteroatoms. The molecule has 0 aliphatic heterocycles. The van der Waals surface area contributed by atoms with Gasteiger partial charge in [0, 0.05) is 6.54 Å². The fraction of sp³-hybridized carbons (Fsp3) is 0.692. The average Bonchev–Trinajstić information content (AvgIpc) is 2.96. The molecule has 18 heavy (non-hydrogen) atoms. The summed E-state index contributed by atoms with van der Waals surface area (Å²) in [6.45, 7) is 1.09. The van der Waals surface area contributed by atoms with Gasteiger partial charge in [0.25, 0.3) is 0 Å². The van der Waals surface area contributed by atoms with Crippen LogP contribution in [0.15, 0.2) is 22.8 Å². The molecule has 0 amide bonds. The molecule has 1 fully saturated rings. The van der Waals surface area contributed by atoms with Crippen LogP contribution in [0.4, 0.5) is 0 Å². The van der Waals surface area contributed by atoms with Gasteiger partial charge < -0.3 is 9.73 Å². The second-order valence-electron chi connectivity index (χ2n) is 5.02. The smallest absolute Gasteiger partial charge is 0.151 e. The van der Waals surface area contributed by atoms with Crippen LogP contribution in [-0.4, -0.2) is 26.5 Å². The standard InChI is InChI=1S/C13H21NO3S/c15-18(16,11-12-4-1-2-5-12)9-7-14-10-13-6-3-8-17-13/h3,6,8,12,14H,1-2,4-5,7,9-11H2. The largest absolute Gasteiger partial charge is 0.468 e. The highest BCUT2D eigenvalue weighted by Crippen LogP contribution is 2.25. The van der Waals surface area contributed by atoms with E-state index in [1.165, 1.54) is 12.8 Å². The highest BCUT2D eigenvalue weighted by Gasteiger charge is 2.22. The summed E-state index contributed by atoms with van der Waals surface area (Å²) in [6, 6.07) is 3.70. The van der Waals surface area contributed by atoms with Gasteiger partial charge in [-0.15, -0.1) is 0 Å². The van der Waals surface area contributed by atoms with Gasteiger partial charge >= 0.3 is 0 Å². The summed E-state index contributed by atoms with van der Waals surface area (Å²) in [5, 5.41) is 3.10. The van der Waals surface area contributed by atoms with E-state index < -0.39 is 9.84 Å². The fourth-order valence-electron chi connectivity index (χ4n) is 2.47. The van der Waals surface area contributed by atoms with Crippen LogP contribution in [0.3, 0.4) is 0 Å². The Bertz CT molecular complexity index is 433. The van der Waals surface area contributed by atoms with Gasteiger partial charge in [-0.25, -0.2) is 8.42 Å². The molecule has 1 aromatic heterocycles. The van der Waals surface area contributed by atoms with E-state index in [-0.39, 0.29) is 5.75 Å². The van der Waals surface area contributed by atoms with Gasteiger partial charge in [-0.2, -0.15) is 0 Å². The first-order valence-corrected chi connectivity index (χ1v) is 8.41. The van der Waals surface area contributed by atoms with Crippen molar-refractivity contribution in [2.24, 2.45) is 5.92 Å². The SMILES string of the molecule is O=S(=O)(CCNCc1ccco1)CC1CCCC1. The van der Waals surface area contributed by atoms with Crippen LogP contribution in [0.2, 0.25) is 0 Å².